The van der Waals surface area contributed by atoms with Crippen LogP contribution in [0.1, 0.15) is 18.4 Å². The van der Waals surface area contributed by atoms with Crippen molar-refractivity contribution in [3.63, 3.8) is 0 Å². The van der Waals surface area contributed by atoms with Crippen LogP contribution in [0.25, 0.3) is 0 Å². The molecule has 0 bridgehead atoms. The summed E-state index contributed by atoms with van der Waals surface area (Å²) in [5.41, 5.74) is 1.87. The SMILES string of the molecule is Cc1cc(NCC2CCOCC2)cc([N+](=O)[O-])c1. The lowest BCUT2D eigenvalue weighted by molar-refractivity contribution is -0.384. The fourth-order valence-corrected chi connectivity index (χ4v) is 2.18. The number of non-ortho nitro benzene ring substituents is 1. The number of nitrogens with zero attached hydrogens (tertiary/aromatic N) is 1. The summed E-state index contributed by atoms with van der Waals surface area (Å²) >= 11 is 0. The Bertz CT molecular complexity index is 428. The molecule has 0 spiro atoms. The predicted octanol–water partition coefficient (Wildman–Crippen LogP) is 2.74. The predicted molar refractivity (Wildman–Crippen MR) is 69.9 cm³/mol. The number of benzene rings is 1. The van der Waals surface area contributed by atoms with Crippen molar-refractivity contribution < 1.29 is 9.66 Å². The highest BCUT2D eigenvalue weighted by Crippen LogP contribution is 2.22. The Hall–Kier alpha value is -1.62. The van der Waals surface area contributed by atoms with Crippen LogP contribution in [0.2, 0.25) is 0 Å². The monoisotopic (exact) mass is 250 g/mol. The Labute approximate surface area is 106 Å². The maximum absolute atomic E-state index is 10.8. The fourth-order valence-electron chi connectivity index (χ4n) is 2.18. The summed E-state index contributed by atoms with van der Waals surface area (Å²) < 4.78 is 5.30. The highest BCUT2D eigenvalue weighted by atomic mass is 16.6. The van der Waals surface area contributed by atoms with Gasteiger partial charge in [0.25, 0.3) is 5.69 Å². The second kappa shape index (κ2) is 5.82. The van der Waals surface area contributed by atoms with E-state index in [1.807, 2.05) is 13.0 Å². The fraction of sp³-hybridized carbons (Fsp3) is 0.538. The maximum Gasteiger partial charge on any atom is 0.271 e. The normalized spacial score (nSPS) is 16.5. The molecule has 0 atom stereocenters. The van der Waals surface area contributed by atoms with Crippen molar-refractivity contribution in [2.45, 2.75) is 19.8 Å². The van der Waals surface area contributed by atoms with Gasteiger partial charge in [0.1, 0.15) is 0 Å². The summed E-state index contributed by atoms with van der Waals surface area (Å²) in [4.78, 5) is 10.4. The van der Waals surface area contributed by atoms with Gasteiger partial charge in [0, 0.05) is 37.6 Å². The van der Waals surface area contributed by atoms with Gasteiger partial charge in [-0.3, -0.25) is 10.1 Å². The van der Waals surface area contributed by atoms with Crippen LogP contribution in [0.5, 0.6) is 0 Å². The first kappa shape index (κ1) is 12.8. The van der Waals surface area contributed by atoms with Crippen molar-refractivity contribution in [3.8, 4) is 0 Å². The largest absolute Gasteiger partial charge is 0.385 e. The van der Waals surface area contributed by atoms with Crippen LogP contribution in [0, 0.1) is 23.0 Å². The summed E-state index contributed by atoms with van der Waals surface area (Å²) in [5.74, 6) is 0.596. The topological polar surface area (TPSA) is 64.4 Å². The number of nitro benzene ring substituents is 1. The molecule has 98 valence electrons. The highest BCUT2D eigenvalue weighted by Gasteiger charge is 2.14. The van der Waals surface area contributed by atoms with Crippen LogP contribution in [0.3, 0.4) is 0 Å². The zero-order valence-corrected chi connectivity index (χ0v) is 10.5. The van der Waals surface area contributed by atoms with Gasteiger partial charge < -0.3 is 10.1 Å². The zero-order valence-electron chi connectivity index (χ0n) is 10.5. The van der Waals surface area contributed by atoms with Crippen molar-refractivity contribution in [3.05, 3.63) is 33.9 Å². The van der Waals surface area contributed by atoms with E-state index in [0.717, 1.165) is 43.9 Å². The molecule has 1 saturated heterocycles. The van der Waals surface area contributed by atoms with E-state index < -0.39 is 0 Å². The smallest absolute Gasteiger partial charge is 0.271 e. The van der Waals surface area contributed by atoms with Gasteiger partial charge in [-0.25, -0.2) is 0 Å². The summed E-state index contributed by atoms with van der Waals surface area (Å²) in [6.07, 6.45) is 2.11. The Balaban J connectivity index is 1.97. The summed E-state index contributed by atoms with van der Waals surface area (Å²) in [7, 11) is 0. The van der Waals surface area contributed by atoms with Crippen LogP contribution in [0.4, 0.5) is 11.4 Å². The number of nitrogens with one attached hydrogen (secondary N) is 1. The molecule has 1 aromatic rings. The van der Waals surface area contributed by atoms with Gasteiger partial charge >= 0.3 is 0 Å². The molecule has 2 rings (SSSR count). The Kier molecular flexibility index (Phi) is 4.15. The second-order valence-electron chi connectivity index (χ2n) is 4.75. The van der Waals surface area contributed by atoms with E-state index in [0.29, 0.717) is 5.92 Å². The third-order valence-corrected chi connectivity index (χ3v) is 3.21. The molecule has 0 aliphatic carbocycles. The van der Waals surface area contributed by atoms with Crippen LogP contribution in [0.15, 0.2) is 18.2 Å². The van der Waals surface area contributed by atoms with Crippen LogP contribution in [-0.4, -0.2) is 24.7 Å². The Morgan fingerprint density at radius 2 is 2.11 bits per heavy atom. The molecule has 0 saturated carbocycles. The van der Waals surface area contributed by atoms with Gasteiger partial charge in [-0.05, 0) is 37.3 Å². The average molecular weight is 250 g/mol. The molecule has 0 aromatic heterocycles. The molecule has 18 heavy (non-hydrogen) atoms. The van der Waals surface area contributed by atoms with Crippen LogP contribution >= 0.6 is 0 Å². The van der Waals surface area contributed by atoms with Gasteiger partial charge in [0.15, 0.2) is 0 Å². The molecule has 1 fully saturated rings. The quantitative estimate of drug-likeness (QED) is 0.659. The van der Waals surface area contributed by atoms with Crippen molar-refractivity contribution in [1.82, 2.24) is 0 Å². The molecule has 5 heteroatoms. The minimum absolute atomic E-state index is 0.143. The third kappa shape index (κ3) is 3.43. The number of aryl methyl sites for hydroxylation is 1. The zero-order chi connectivity index (χ0) is 13.0. The summed E-state index contributed by atoms with van der Waals surface area (Å²) in [5, 5.41) is 14.1. The first-order valence-electron chi connectivity index (χ1n) is 6.23. The molecule has 0 unspecified atom stereocenters. The van der Waals surface area contributed by atoms with Crippen LogP contribution < -0.4 is 5.32 Å². The molecule has 1 aliphatic heterocycles. The van der Waals surface area contributed by atoms with Crippen molar-refractivity contribution in [2.75, 3.05) is 25.1 Å². The van der Waals surface area contributed by atoms with Crippen molar-refractivity contribution >= 4 is 11.4 Å². The van der Waals surface area contributed by atoms with Gasteiger partial charge in [-0.2, -0.15) is 0 Å². The number of anilines is 1. The van der Waals surface area contributed by atoms with E-state index in [4.69, 9.17) is 4.74 Å². The van der Waals surface area contributed by atoms with Crippen LogP contribution in [-0.2, 0) is 4.74 Å². The average Bonchev–Trinajstić information content (AvgIpc) is 2.37. The first-order chi connectivity index (χ1) is 8.65. The molecular formula is C13H18N2O3. The van der Waals surface area contributed by atoms with E-state index in [1.54, 1.807) is 12.1 Å². The maximum atomic E-state index is 10.8. The lowest BCUT2D eigenvalue weighted by Crippen LogP contribution is -2.22. The van der Waals surface area contributed by atoms with E-state index >= 15 is 0 Å². The van der Waals surface area contributed by atoms with Crippen molar-refractivity contribution in [1.29, 1.82) is 0 Å². The van der Waals surface area contributed by atoms with Gasteiger partial charge in [0.05, 0.1) is 4.92 Å². The number of hydrogen-bond donors (Lipinski definition) is 1. The highest BCUT2D eigenvalue weighted by molar-refractivity contribution is 5.53. The van der Waals surface area contributed by atoms with E-state index in [-0.39, 0.29) is 10.6 Å². The molecule has 0 radical (unpaired) electrons. The minimum Gasteiger partial charge on any atom is -0.385 e. The molecule has 1 aliphatic rings. The van der Waals surface area contributed by atoms with Gasteiger partial charge in [-0.1, -0.05) is 0 Å². The third-order valence-electron chi connectivity index (χ3n) is 3.21. The number of ether oxygens (including phenoxy) is 1. The van der Waals surface area contributed by atoms with E-state index in [1.165, 1.54) is 0 Å². The van der Waals surface area contributed by atoms with Crippen molar-refractivity contribution in [2.24, 2.45) is 5.92 Å². The number of hydrogen-bond acceptors (Lipinski definition) is 4. The molecular weight excluding hydrogens is 232 g/mol. The molecule has 1 heterocycles. The first-order valence-corrected chi connectivity index (χ1v) is 6.23. The standard InChI is InChI=1S/C13H18N2O3/c1-10-6-12(8-13(7-10)15(16)17)14-9-11-2-4-18-5-3-11/h6-8,11,14H,2-5,9H2,1H3. The minimum atomic E-state index is -0.355. The summed E-state index contributed by atoms with van der Waals surface area (Å²) in [6.45, 7) is 4.36. The Morgan fingerprint density at radius 3 is 2.78 bits per heavy atom. The second-order valence-corrected chi connectivity index (χ2v) is 4.75. The molecule has 0 amide bonds. The molecule has 5 nitrogen and oxygen atoms in total. The molecule has 1 aromatic carbocycles. The van der Waals surface area contributed by atoms with Gasteiger partial charge in [0.2, 0.25) is 0 Å². The lowest BCUT2D eigenvalue weighted by atomic mass is 10.0. The van der Waals surface area contributed by atoms with E-state index in [9.17, 15) is 10.1 Å². The summed E-state index contributed by atoms with van der Waals surface area (Å²) in [6, 6.07) is 5.11. The Morgan fingerprint density at radius 1 is 1.39 bits per heavy atom. The molecule has 1 N–H and O–H groups in total. The van der Waals surface area contributed by atoms with E-state index in [2.05, 4.69) is 5.32 Å². The lowest BCUT2D eigenvalue weighted by Gasteiger charge is -2.22. The number of rotatable bonds is 4. The van der Waals surface area contributed by atoms with Gasteiger partial charge in [-0.15, -0.1) is 0 Å². The number of nitro groups is 1.